The van der Waals surface area contributed by atoms with E-state index in [-0.39, 0.29) is 11.4 Å². The van der Waals surface area contributed by atoms with Gasteiger partial charge in [-0.15, -0.1) is 0 Å². The fourth-order valence-electron chi connectivity index (χ4n) is 3.20. The van der Waals surface area contributed by atoms with Gasteiger partial charge >= 0.3 is 10.2 Å². The highest BCUT2D eigenvalue weighted by molar-refractivity contribution is 7.92. The first-order chi connectivity index (χ1) is 13.4. The number of anilines is 2. The molecule has 0 saturated heterocycles. The monoisotopic (exact) mass is 439 g/mol. The van der Waals surface area contributed by atoms with Crippen molar-refractivity contribution in [2.75, 3.05) is 15.3 Å². The summed E-state index contributed by atoms with van der Waals surface area (Å²) in [6, 6.07) is 8.14. The van der Waals surface area contributed by atoms with E-state index in [1.54, 1.807) is 13.0 Å². The molecular weight excluding hydrogens is 418 g/mol. The molecule has 2 aromatic rings. The number of nitrogens with one attached hydrogen (secondary N) is 2. The van der Waals surface area contributed by atoms with Crippen molar-refractivity contribution in [3.05, 3.63) is 64.7 Å². The lowest BCUT2D eigenvalue weighted by atomic mass is 9.98. The second-order valence-electron chi connectivity index (χ2n) is 6.91. The Hall–Kier alpha value is -2.92. The summed E-state index contributed by atoms with van der Waals surface area (Å²) in [5.41, 5.74) is 3.52. The van der Waals surface area contributed by atoms with Crippen molar-refractivity contribution in [3.63, 3.8) is 0 Å². The highest BCUT2D eigenvalue weighted by Crippen LogP contribution is 2.34. The first kappa shape index (κ1) is 20.8. The molecule has 0 fully saturated rings. The van der Waals surface area contributed by atoms with Gasteiger partial charge in [0.15, 0.2) is 0 Å². The Kier molecular flexibility index (Phi) is 5.13. The van der Waals surface area contributed by atoms with Crippen LogP contribution in [-0.4, -0.2) is 33.3 Å². The first-order valence-corrected chi connectivity index (χ1v) is 11.8. The smallest absolute Gasteiger partial charge is 0.330 e. The molecule has 3 rings (SSSR count). The normalized spacial score (nSPS) is 15.7. The first-order valence-electron chi connectivity index (χ1n) is 8.48. The lowest BCUT2D eigenvalue weighted by Crippen LogP contribution is -2.29. The molecule has 0 bridgehead atoms. The number of aliphatic hydroxyl groups is 1. The van der Waals surface area contributed by atoms with Gasteiger partial charge in [-0.05, 0) is 49.1 Å². The second kappa shape index (κ2) is 7.16. The van der Waals surface area contributed by atoms with Gasteiger partial charge in [0, 0.05) is 0 Å². The van der Waals surface area contributed by atoms with E-state index in [2.05, 4.69) is 4.72 Å². The molecule has 11 heteroatoms. The summed E-state index contributed by atoms with van der Waals surface area (Å²) in [7, 11) is -7.50. The Bertz CT molecular complexity index is 1220. The number of aromatic hydroxyl groups is 1. The van der Waals surface area contributed by atoms with Crippen LogP contribution in [0.1, 0.15) is 22.3 Å². The molecule has 0 saturated carbocycles. The second-order valence-corrected chi connectivity index (χ2v) is 10.2. The quantitative estimate of drug-likeness (QED) is 0.562. The number of aryl methyl sites for hydroxylation is 2. The lowest BCUT2D eigenvalue weighted by molar-refractivity contribution is 0.392. The van der Waals surface area contributed by atoms with E-state index < -0.39 is 26.1 Å². The predicted octanol–water partition coefficient (Wildman–Crippen LogP) is 1.98. The van der Waals surface area contributed by atoms with E-state index in [4.69, 9.17) is 0 Å². The van der Waals surface area contributed by atoms with Crippen LogP contribution in [0.4, 0.5) is 11.4 Å². The summed E-state index contributed by atoms with van der Waals surface area (Å²) < 4.78 is 52.6. The van der Waals surface area contributed by atoms with Gasteiger partial charge in [-0.3, -0.25) is 4.72 Å². The van der Waals surface area contributed by atoms with Crippen LogP contribution >= 0.6 is 0 Å². The number of hydrogen-bond donors (Lipinski definition) is 4. The number of aliphatic hydroxyl groups excluding tert-OH is 1. The van der Waals surface area contributed by atoms with Gasteiger partial charge in [-0.2, -0.15) is 8.42 Å². The number of rotatable bonds is 5. The van der Waals surface area contributed by atoms with E-state index in [9.17, 15) is 27.0 Å². The maximum absolute atomic E-state index is 12.0. The predicted molar refractivity (Wildman–Crippen MR) is 111 cm³/mol. The SMILES string of the molecule is Cc1cc(C)c(NS(C)(=O)=O)c(Cc2ccc(N3C=C(O)NS3(=O)=O)c(O)c2)c1. The summed E-state index contributed by atoms with van der Waals surface area (Å²) >= 11 is 0. The zero-order valence-electron chi connectivity index (χ0n) is 16.0. The average molecular weight is 440 g/mol. The van der Waals surface area contributed by atoms with Crippen molar-refractivity contribution in [1.82, 2.24) is 4.72 Å². The van der Waals surface area contributed by atoms with Crippen molar-refractivity contribution in [3.8, 4) is 5.75 Å². The molecule has 4 N–H and O–H groups in total. The van der Waals surface area contributed by atoms with Crippen LogP contribution in [0.3, 0.4) is 0 Å². The van der Waals surface area contributed by atoms with Gasteiger partial charge in [0.1, 0.15) is 11.4 Å². The van der Waals surface area contributed by atoms with Crippen LogP contribution in [0.5, 0.6) is 5.75 Å². The minimum Gasteiger partial charge on any atom is -0.506 e. The maximum atomic E-state index is 12.0. The van der Waals surface area contributed by atoms with E-state index in [1.807, 2.05) is 23.8 Å². The van der Waals surface area contributed by atoms with Crippen LogP contribution in [0.25, 0.3) is 0 Å². The zero-order valence-corrected chi connectivity index (χ0v) is 17.6. The molecule has 0 aliphatic carbocycles. The Labute approximate surface area is 169 Å². The molecule has 1 aliphatic rings. The zero-order chi connectivity index (χ0) is 21.6. The van der Waals surface area contributed by atoms with E-state index >= 15 is 0 Å². The molecule has 156 valence electrons. The van der Waals surface area contributed by atoms with Gasteiger partial charge in [-0.1, -0.05) is 23.8 Å². The topological polar surface area (TPSA) is 136 Å². The molecular formula is C18H21N3O6S2. The highest BCUT2D eigenvalue weighted by Gasteiger charge is 2.30. The third-order valence-electron chi connectivity index (χ3n) is 4.25. The number of sulfonamides is 1. The van der Waals surface area contributed by atoms with Crippen LogP contribution in [0, 0.1) is 13.8 Å². The third-order valence-corrected chi connectivity index (χ3v) is 6.11. The summed E-state index contributed by atoms with van der Waals surface area (Å²) in [6.07, 6.45) is 2.33. The molecule has 2 aromatic carbocycles. The van der Waals surface area contributed by atoms with Crippen molar-refractivity contribution in [2.45, 2.75) is 20.3 Å². The molecule has 0 amide bonds. The van der Waals surface area contributed by atoms with E-state index in [0.29, 0.717) is 23.2 Å². The van der Waals surface area contributed by atoms with Crippen LogP contribution in [-0.2, 0) is 26.7 Å². The molecule has 29 heavy (non-hydrogen) atoms. The largest absolute Gasteiger partial charge is 0.506 e. The fourth-order valence-corrected chi connectivity index (χ4v) is 4.93. The number of nitrogens with zero attached hydrogens (tertiary/aromatic N) is 1. The van der Waals surface area contributed by atoms with Crippen molar-refractivity contribution >= 4 is 31.6 Å². The van der Waals surface area contributed by atoms with Gasteiger partial charge in [-0.25, -0.2) is 17.4 Å². The lowest BCUT2D eigenvalue weighted by Gasteiger charge is -2.17. The summed E-state index contributed by atoms with van der Waals surface area (Å²) in [5, 5.41) is 19.8. The Morgan fingerprint density at radius 1 is 1.14 bits per heavy atom. The minimum atomic E-state index is -4.02. The Balaban J connectivity index is 1.98. The third kappa shape index (κ3) is 4.57. The van der Waals surface area contributed by atoms with Gasteiger partial charge < -0.3 is 10.2 Å². The van der Waals surface area contributed by atoms with Gasteiger partial charge in [0.05, 0.1) is 18.1 Å². The van der Waals surface area contributed by atoms with Crippen LogP contribution in [0.15, 0.2) is 42.4 Å². The molecule has 0 radical (unpaired) electrons. The number of phenols is 1. The van der Waals surface area contributed by atoms with Crippen LogP contribution < -0.4 is 13.7 Å². The number of hydrogen-bond acceptors (Lipinski definition) is 6. The molecule has 9 nitrogen and oxygen atoms in total. The van der Waals surface area contributed by atoms with Crippen LogP contribution in [0.2, 0.25) is 0 Å². The summed E-state index contributed by atoms with van der Waals surface area (Å²) in [5.74, 6) is -0.860. The molecule has 0 spiro atoms. The summed E-state index contributed by atoms with van der Waals surface area (Å²) in [4.78, 5) is 0. The molecule has 0 atom stereocenters. The maximum Gasteiger partial charge on any atom is 0.330 e. The minimum absolute atomic E-state index is 0.0276. The van der Waals surface area contributed by atoms with Gasteiger partial charge in [0.25, 0.3) is 0 Å². The van der Waals surface area contributed by atoms with Crippen molar-refractivity contribution < 1.29 is 27.0 Å². The molecule has 0 unspecified atom stereocenters. The highest BCUT2D eigenvalue weighted by atomic mass is 32.2. The van der Waals surface area contributed by atoms with Gasteiger partial charge in [0.2, 0.25) is 15.9 Å². The van der Waals surface area contributed by atoms with Crippen molar-refractivity contribution in [1.29, 1.82) is 0 Å². The Morgan fingerprint density at radius 3 is 2.38 bits per heavy atom. The summed E-state index contributed by atoms with van der Waals surface area (Å²) in [6.45, 7) is 3.69. The number of benzene rings is 2. The standard InChI is InChI=1S/C18H21N3O6S2/c1-11-6-12(2)18(20-28(3,24)25)14(7-11)8-13-4-5-15(16(22)9-13)21-10-17(23)19-29(21,26)27/h4-7,9-10,19-20,22-23H,8H2,1-3H3. The molecule has 0 aromatic heterocycles. The van der Waals surface area contributed by atoms with E-state index in [0.717, 1.165) is 27.9 Å². The molecule has 1 heterocycles. The molecule has 1 aliphatic heterocycles. The Morgan fingerprint density at radius 2 is 1.83 bits per heavy atom. The fraction of sp³-hybridized carbons (Fsp3) is 0.222. The number of phenolic OH excluding ortho intramolecular Hbond substituents is 1. The van der Waals surface area contributed by atoms with Crippen molar-refractivity contribution in [2.24, 2.45) is 0 Å². The average Bonchev–Trinajstić information content (AvgIpc) is 2.82. The van der Waals surface area contributed by atoms with E-state index in [1.165, 1.54) is 12.1 Å².